The summed E-state index contributed by atoms with van der Waals surface area (Å²) in [5.41, 5.74) is 1.41. The van der Waals surface area contributed by atoms with Crippen molar-refractivity contribution in [3.8, 4) is 17.0 Å². The second kappa shape index (κ2) is 8.12. The first-order valence-electron chi connectivity index (χ1n) is 7.88. The molecule has 0 aliphatic carbocycles. The highest BCUT2D eigenvalue weighted by molar-refractivity contribution is 6.35. The van der Waals surface area contributed by atoms with Crippen LogP contribution in [0.4, 0.5) is 30.6 Å². The van der Waals surface area contributed by atoms with Gasteiger partial charge in [0.2, 0.25) is 5.95 Å². The van der Waals surface area contributed by atoms with Gasteiger partial charge in [0.15, 0.2) is 0 Å². The third-order valence-corrected chi connectivity index (χ3v) is 3.88. The highest BCUT2D eigenvalue weighted by Crippen LogP contribution is 2.30. The Morgan fingerprint density at radius 2 is 1.68 bits per heavy atom. The molecule has 0 aliphatic heterocycles. The van der Waals surface area contributed by atoms with Gasteiger partial charge in [-0.05, 0) is 30.3 Å². The van der Waals surface area contributed by atoms with Gasteiger partial charge in [-0.3, -0.25) is 0 Å². The minimum absolute atomic E-state index is 0.273. The molecule has 0 unspecified atom stereocenters. The smallest absolute Gasteiger partial charge is 0.406 e. The lowest BCUT2D eigenvalue weighted by Gasteiger charge is -2.12. The molecule has 0 aliphatic rings. The molecule has 2 N–H and O–H groups in total. The van der Waals surface area contributed by atoms with Crippen LogP contribution in [0.15, 0.2) is 48.5 Å². The van der Waals surface area contributed by atoms with Crippen LogP contribution in [-0.4, -0.2) is 23.4 Å². The van der Waals surface area contributed by atoms with Gasteiger partial charge in [-0.25, -0.2) is 4.98 Å². The maximum absolute atomic E-state index is 12.5. The van der Waals surface area contributed by atoms with Crippen molar-refractivity contribution in [2.24, 2.45) is 0 Å². The summed E-state index contributed by atoms with van der Waals surface area (Å²) in [5.74, 6) is 0.329. The van der Waals surface area contributed by atoms with Crippen LogP contribution in [0.5, 0.6) is 5.75 Å². The molecule has 28 heavy (non-hydrogen) atoms. The van der Waals surface area contributed by atoms with Gasteiger partial charge in [-0.2, -0.15) is 4.98 Å². The van der Waals surface area contributed by atoms with E-state index in [-0.39, 0.29) is 11.7 Å². The van der Waals surface area contributed by atoms with Crippen molar-refractivity contribution in [2.75, 3.05) is 17.7 Å². The van der Waals surface area contributed by atoms with Crippen molar-refractivity contribution in [3.05, 3.63) is 58.6 Å². The van der Waals surface area contributed by atoms with Crippen LogP contribution in [0.3, 0.4) is 0 Å². The largest absolute Gasteiger partial charge is 0.573 e. The van der Waals surface area contributed by atoms with Crippen LogP contribution in [0.2, 0.25) is 10.0 Å². The number of hydrogen-bond donors (Lipinski definition) is 2. The molecule has 0 fully saturated rings. The topological polar surface area (TPSA) is 59.1 Å². The number of hydrogen-bond acceptors (Lipinski definition) is 5. The predicted molar refractivity (Wildman–Crippen MR) is 103 cm³/mol. The number of aromatic nitrogens is 2. The molecule has 3 rings (SSSR count). The van der Waals surface area contributed by atoms with E-state index in [1.807, 2.05) is 0 Å². The van der Waals surface area contributed by atoms with Crippen LogP contribution in [-0.2, 0) is 0 Å². The summed E-state index contributed by atoms with van der Waals surface area (Å²) in [6.45, 7) is 0. The van der Waals surface area contributed by atoms with Crippen molar-refractivity contribution in [1.82, 2.24) is 9.97 Å². The normalized spacial score (nSPS) is 11.2. The summed E-state index contributed by atoms with van der Waals surface area (Å²) in [4.78, 5) is 8.57. The molecule has 3 aromatic rings. The molecule has 1 aromatic heterocycles. The Kier molecular flexibility index (Phi) is 5.81. The SMILES string of the molecule is CNc1nc(Nc2cc(Cl)cc(Cl)c2)cc(-c2cccc(OC(F)(F)F)c2)n1. The van der Waals surface area contributed by atoms with Crippen LogP contribution in [0, 0.1) is 0 Å². The molecule has 0 atom stereocenters. The molecule has 146 valence electrons. The van der Waals surface area contributed by atoms with E-state index in [9.17, 15) is 13.2 Å². The molecule has 5 nitrogen and oxygen atoms in total. The molecular formula is C18H13Cl2F3N4O. The Morgan fingerprint density at radius 1 is 0.964 bits per heavy atom. The number of alkyl halides is 3. The van der Waals surface area contributed by atoms with Crippen molar-refractivity contribution in [2.45, 2.75) is 6.36 Å². The lowest BCUT2D eigenvalue weighted by molar-refractivity contribution is -0.274. The zero-order valence-electron chi connectivity index (χ0n) is 14.3. The molecule has 10 heteroatoms. The Hall–Kier alpha value is -2.71. The summed E-state index contributed by atoms with van der Waals surface area (Å²) in [5, 5.41) is 6.75. The molecule has 0 amide bonds. The van der Waals surface area contributed by atoms with E-state index in [1.54, 1.807) is 37.4 Å². The Labute approximate surface area is 168 Å². The number of halogens is 5. The third kappa shape index (κ3) is 5.40. The third-order valence-electron chi connectivity index (χ3n) is 3.45. The van der Waals surface area contributed by atoms with E-state index < -0.39 is 6.36 Å². The minimum Gasteiger partial charge on any atom is -0.406 e. The zero-order chi connectivity index (χ0) is 20.3. The van der Waals surface area contributed by atoms with Crippen molar-refractivity contribution >= 4 is 40.7 Å². The molecule has 0 saturated carbocycles. The van der Waals surface area contributed by atoms with Gasteiger partial charge in [0.05, 0.1) is 5.69 Å². The molecule has 0 saturated heterocycles. The fraction of sp³-hybridized carbons (Fsp3) is 0.111. The fourth-order valence-electron chi connectivity index (χ4n) is 2.40. The summed E-state index contributed by atoms with van der Waals surface area (Å²) < 4.78 is 41.4. The average Bonchev–Trinajstić information content (AvgIpc) is 2.59. The second-order valence-corrected chi connectivity index (χ2v) is 6.44. The first-order chi connectivity index (χ1) is 13.2. The summed E-state index contributed by atoms with van der Waals surface area (Å²) in [6.07, 6.45) is -4.78. The average molecular weight is 429 g/mol. The monoisotopic (exact) mass is 428 g/mol. The first kappa shape index (κ1) is 20.0. The number of rotatable bonds is 5. The predicted octanol–water partition coefficient (Wildman–Crippen LogP) is 6.13. The van der Waals surface area contributed by atoms with Crippen molar-refractivity contribution in [3.63, 3.8) is 0 Å². The standard InChI is InChI=1S/C18H13Cl2F3N4O/c1-24-17-26-15(10-3-2-4-14(5-10)28-18(21,22)23)9-16(27-17)25-13-7-11(19)6-12(20)8-13/h2-9H,1H3,(H2,24,25,26,27). The number of nitrogens with zero attached hydrogens (tertiary/aromatic N) is 2. The van der Waals surface area contributed by atoms with E-state index in [0.29, 0.717) is 32.8 Å². The van der Waals surface area contributed by atoms with Gasteiger partial charge >= 0.3 is 6.36 Å². The second-order valence-electron chi connectivity index (χ2n) is 5.57. The maximum Gasteiger partial charge on any atom is 0.573 e. The zero-order valence-corrected chi connectivity index (χ0v) is 15.8. The van der Waals surface area contributed by atoms with Crippen LogP contribution in [0.25, 0.3) is 11.3 Å². The Morgan fingerprint density at radius 3 is 2.32 bits per heavy atom. The highest BCUT2D eigenvalue weighted by atomic mass is 35.5. The van der Waals surface area contributed by atoms with Gasteiger partial charge in [-0.15, -0.1) is 13.2 Å². The van der Waals surface area contributed by atoms with Gasteiger partial charge in [0.25, 0.3) is 0 Å². The van der Waals surface area contributed by atoms with Crippen LogP contribution in [0.1, 0.15) is 0 Å². The Bertz CT molecular complexity index is 979. The van der Waals surface area contributed by atoms with E-state index in [1.165, 1.54) is 18.2 Å². The molecule has 0 radical (unpaired) electrons. The molecule has 0 bridgehead atoms. The first-order valence-corrected chi connectivity index (χ1v) is 8.63. The summed E-state index contributed by atoms with van der Waals surface area (Å²) in [6, 6.07) is 12.0. The van der Waals surface area contributed by atoms with Crippen LogP contribution < -0.4 is 15.4 Å². The molecule has 1 heterocycles. The number of benzene rings is 2. The van der Waals surface area contributed by atoms with Gasteiger partial charge in [0.1, 0.15) is 11.6 Å². The van der Waals surface area contributed by atoms with E-state index >= 15 is 0 Å². The van der Waals surface area contributed by atoms with Crippen molar-refractivity contribution in [1.29, 1.82) is 0 Å². The number of ether oxygens (including phenoxy) is 1. The maximum atomic E-state index is 12.5. The summed E-state index contributed by atoms with van der Waals surface area (Å²) in [7, 11) is 1.63. The van der Waals surface area contributed by atoms with E-state index in [2.05, 4.69) is 25.3 Å². The van der Waals surface area contributed by atoms with Gasteiger partial charge in [0, 0.05) is 34.4 Å². The van der Waals surface area contributed by atoms with Crippen LogP contribution >= 0.6 is 23.2 Å². The highest BCUT2D eigenvalue weighted by Gasteiger charge is 2.31. The van der Waals surface area contributed by atoms with Gasteiger partial charge < -0.3 is 15.4 Å². The van der Waals surface area contributed by atoms with Gasteiger partial charge in [-0.1, -0.05) is 35.3 Å². The quantitative estimate of drug-likeness (QED) is 0.511. The lowest BCUT2D eigenvalue weighted by atomic mass is 10.1. The number of nitrogens with one attached hydrogen (secondary N) is 2. The van der Waals surface area contributed by atoms with E-state index in [4.69, 9.17) is 23.2 Å². The fourth-order valence-corrected chi connectivity index (χ4v) is 2.92. The van der Waals surface area contributed by atoms with E-state index in [0.717, 1.165) is 0 Å². The number of anilines is 3. The molecule has 2 aromatic carbocycles. The summed E-state index contributed by atoms with van der Waals surface area (Å²) >= 11 is 12.0. The minimum atomic E-state index is -4.78. The molecule has 0 spiro atoms. The Balaban J connectivity index is 1.96. The molecular weight excluding hydrogens is 416 g/mol. The van der Waals surface area contributed by atoms with Crippen molar-refractivity contribution < 1.29 is 17.9 Å². The lowest BCUT2D eigenvalue weighted by Crippen LogP contribution is -2.17.